The minimum absolute atomic E-state index is 0.0167. The number of carboxylic acid groups (broad SMARTS) is 1. The number of aromatic carboxylic acids is 1. The number of hydrogen-bond acceptors (Lipinski definition) is 7. The van der Waals surface area contributed by atoms with E-state index < -0.39 is 11.8 Å². The fraction of sp³-hybridized carbons (Fsp3) is 0.233. The smallest absolute Gasteiger partial charge is 0.335 e. The van der Waals surface area contributed by atoms with Crippen LogP contribution in [0.5, 0.6) is 17.2 Å². The summed E-state index contributed by atoms with van der Waals surface area (Å²) in [5.41, 5.74) is 4.72. The quantitative estimate of drug-likeness (QED) is 0.220. The molecule has 0 saturated carbocycles. The summed E-state index contributed by atoms with van der Waals surface area (Å²) >= 11 is 0. The van der Waals surface area contributed by atoms with Crippen LogP contribution in [0.25, 0.3) is 39.0 Å². The zero-order valence-electron chi connectivity index (χ0n) is 22.7. The van der Waals surface area contributed by atoms with Crippen molar-refractivity contribution >= 4 is 17.0 Å². The summed E-state index contributed by atoms with van der Waals surface area (Å²) in [4.78, 5) is 16.7. The number of hydrogen-bond donors (Lipinski definition) is 1. The number of methoxy groups -OCH3 is 1. The second kappa shape index (κ2) is 10.7. The molecule has 3 heterocycles. The van der Waals surface area contributed by atoms with Crippen LogP contribution in [-0.2, 0) is 0 Å². The van der Waals surface area contributed by atoms with E-state index in [0.717, 1.165) is 11.1 Å². The molecule has 9 nitrogen and oxygen atoms in total. The lowest BCUT2D eigenvalue weighted by atomic mass is 10.0. The first-order chi connectivity index (χ1) is 19.3. The number of aryl methyl sites for hydroxylation is 2. The Labute approximate surface area is 229 Å². The number of halogens is 1. The molecule has 0 bridgehead atoms. The Hall–Kier alpha value is -4.86. The second-order valence-electron chi connectivity index (χ2n) is 9.04. The Morgan fingerprint density at radius 1 is 1.05 bits per heavy atom. The van der Waals surface area contributed by atoms with Crippen LogP contribution >= 0.6 is 0 Å². The highest BCUT2D eigenvalue weighted by atomic mass is 19.1. The van der Waals surface area contributed by atoms with Crippen molar-refractivity contribution in [1.29, 1.82) is 0 Å². The maximum Gasteiger partial charge on any atom is 0.335 e. The number of carboxylic acids is 1. The molecule has 5 rings (SSSR count). The van der Waals surface area contributed by atoms with Gasteiger partial charge in [-0.15, -0.1) is 0 Å². The molecule has 0 saturated heterocycles. The van der Waals surface area contributed by atoms with Crippen LogP contribution in [0, 0.1) is 19.7 Å². The first kappa shape index (κ1) is 26.7. The molecule has 0 aliphatic heterocycles. The largest absolute Gasteiger partial charge is 0.497 e. The van der Waals surface area contributed by atoms with E-state index in [0.29, 0.717) is 56.6 Å². The molecule has 206 valence electrons. The molecule has 3 aromatic heterocycles. The van der Waals surface area contributed by atoms with Crippen molar-refractivity contribution in [2.24, 2.45) is 0 Å². The number of pyridine rings is 1. The predicted octanol–water partition coefficient (Wildman–Crippen LogP) is 6.61. The van der Waals surface area contributed by atoms with Gasteiger partial charge in [-0.3, -0.25) is 4.98 Å². The highest BCUT2D eigenvalue weighted by Gasteiger charge is 2.24. The molecule has 0 amide bonds. The fourth-order valence-electron chi connectivity index (χ4n) is 4.83. The summed E-state index contributed by atoms with van der Waals surface area (Å²) < 4.78 is 39.6. The van der Waals surface area contributed by atoms with E-state index in [9.17, 15) is 9.90 Å². The zero-order valence-corrected chi connectivity index (χ0v) is 22.7. The summed E-state index contributed by atoms with van der Waals surface area (Å²) in [7, 11) is 1.48. The maximum atomic E-state index is 15.4. The third-order valence-corrected chi connectivity index (χ3v) is 6.56. The van der Waals surface area contributed by atoms with E-state index >= 15 is 4.39 Å². The lowest BCUT2D eigenvalue weighted by molar-refractivity contribution is 0.0695. The lowest BCUT2D eigenvalue weighted by Gasteiger charge is -2.18. The van der Waals surface area contributed by atoms with Gasteiger partial charge in [-0.05, 0) is 58.0 Å². The predicted molar refractivity (Wildman–Crippen MR) is 147 cm³/mol. The van der Waals surface area contributed by atoms with Crippen LogP contribution in [0.15, 0.2) is 53.3 Å². The van der Waals surface area contributed by atoms with Crippen molar-refractivity contribution in [3.05, 3.63) is 71.6 Å². The van der Waals surface area contributed by atoms with Gasteiger partial charge < -0.3 is 28.4 Å². The molecule has 5 aromatic rings. The number of rotatable bonds is 9. The average molecular weight is 546 g/mol. The molecule has 1 N–H and O–H groups in total. The molecule has 40 heavy (non-hydrogen) atoms. The molecule has 0 fully saturated rings. The highest BCUT2D eigenvalue weighted by molar-refractivity contribution is 5.97. The molecular weight excluding hydrogens is 517 g/mol. The van der Waals surface area contributed by atoms with E-state index in [1.165, 1.54) is 25.3 Å². The Bertz CT molecular complexity index is 1690. The van der Waals surface area contributed by atoms with Gasteiger partial charge in [0.1, 0.15) is 34.5 Å². The zero-order chi connectivity index (χ0) is 28.6. The van der Waals surface area contributed by atoms with Gasteiger partial charge in [-0.25, -0.2) is 9.18 Å². The number of carbonyl (C=O) groups is 1. The molecule has 0 aliphatic rings. The number of fused-ring (bicyclic) bond motifs is 1. The van der Waals surface area contributed by atoms with Crippen LogP contribution in [0.3, 0.4) is 0 Å². The highest BCUT2D eigenvalue weighted by Crippen LogP contribution is 2.42. The number of benzene rings is 2. The van der Waals surface area contributed by atoms with E-state index in [1.807, 2.05) is 19.9 Å². The maximum absolute atomic E-state index is 15.4. The Kier molecular flexibility index (Phi) is 7.17. The first-order valence-corrected chi connectivity index (χ1v) is 12.7. The van der Waals surface area contributed by atoms with Gasteiger partial charge in [-0.1, -0.05) is 5.16 Å². The summed E-state index contributed by atoms with van der Waals surface area (Å²) in [5, 5.41) is 13.8. The Balaban J connectivity index is 1.87. The SMILES string of the molecule is CCOc1cc(C(=O)O)cc(OCC)c1-n1cc(-c2ccc(OC)cc2F)c2ncc(-c3c(C)noc3C)cc21. The number of nitrogens with zero attached hydrogens (tertiary/aromatic N) is 3. The van der Waals surface area contributed by atoms with Crippen molar-refractivity contribution in [2.75, 3.05) is 20.3 Å². The lowest BCUT2D eigenvalue weighted by Crippen LogP contribution is -2.07. The third kappa shape index (κ3) is 4.61. The van der Waals surface area contributed by atoms with Gasteiger partial charge in [0.05, 0.1) is 42.6 Å². The van der Waals surface area contributed by atoms with Gasteiger partial charge in [0.2, 0.25) is 0 Å². The van der Waals surface area contributed by atoms with Crippen LogP contribution in [0.2, 0.25) is 0 Å². The van der Waals surface area contributed by atoms with E-state index in [2.05, 4.69) is 5.16 Å². The van der Waals surface area contributed by atoms with Crippen molar-refractivity contribution in [2.45, 2.75) is 27.7 Å². The van der Waals surface area contributed by atoms with Crippen LogP contribution < -0.4 is 14.2 Å². The monoisotopic (exact) mass is 545 g/mol. The standard InChI is InChI=1S/C30H28FN3O6/c1-6-38-25-11-18(30(35)36)12-26(39-7-2)29(25)34-15-22(21-9-8-20(37-5)13-23(21)31)28-24(34)10-19(14-32-28)27-16(3)33-40-17(27)4/h8-15H,6-7H2,1-5H3,(H,35,36). The summed E-state index contributed by atoms with van der Waals surface area (Å²) in [6, 6.07) is 9.45. The van der Waals surface area contributed by atoms with Crippen LogP contribution in [-0.4, -0.2) is 46.1 Å². The normalized spacial score (nSPS) is 11.2. The van der Waals surface area contributed by atoms with Crippen molar-refractivity contribution in [1.82, 2.24) is 14.7 Å². The van der Waals surface area contributed by atoms with Crippen molar-refractivity contribution < 1.29 is 33.0 Å². The molecule has 0 unspecified atom stereocenters. The fourth-order valence-corrected chi connectivity index (χ4v) is 4.83. The average Bonchev–Trinajstić information content (AvgIpc) is 3.47. The minimum Gasteiger partial charge on any atom is -0.497 e. The Morgan fingerprint density at radius 2 is 1.75 bits per heavy atom. The van der Waals surface area contributed by atoms with E-state index in [4.69, 9.17) is 23.7 Å². The van der Waals surface area contributed by atoms with Gasteiger partial charge >= 0.3 is 5.97 Å². The van der Waals surface area contributed by atoms with Crippen molar-refractivity contribution in [3.8, 4) is 45.2 Å². The van der Waals surface area contributed by atoms with Crippen LogP contribution in [0.1, 0.15) is 35.7 Å². The molecular formula is C30H28FN3O6. The van der Waals surface area contributed by atoms with Gasteiger partial charge in [-0.2, -0.15) is 0 Å². The molecule has 0 spiro atoms. The van der Waals surface area contributed by atoms with E-state index in [1.54, 1.807) is 42.9 Å². The molecule has 0 aliphatic carbocycles. The Morgan fingerprint density at radius 3 is 2.30 bits per heavy atom. The van der Waals surface area contributed by atoms with Gasteiger partial charge in [0.15, 0.2) is 0 Å². The van der Waals surface area contributed by atoms with Crippen LogP contribution in [0.4, 0.5) is 4.39 Å². The van der Waals surface area contributed by atoms with Gasteiger partial charge in [0, 0.05) is 40.7 Å². The van der Waals surface area contributed by atoms with E-state index in [-0.39, 0.29) is 18.8 Å². The van der Waals surface area contributed by atoms with Gasteiger partial charge in [0.25, 0.3) is 0 Å². The topological polar surface area (TPSA) is 109 Å². The minimum atomic E-state index is -1.12. The molecule has 0 radical (unpaired) electrons. The molecule has 2 aromatic carbocycles. The number of aromatic nitrogens is 3. The second-order valence-corrected chi connectivity index (χ2v) is 9.04. The first-order valence-electron chi connectivity index (χ1n) is 12.7. The summed E-state index contributed by atoms with van der Waals surface area (Å²) in [6.07, 6.45) is 3.45. The summed E-state index contributed by atoms with van der Waals surface area (Å²) in [6.45, 7) is 7.84. The molecule has 0 atom stereocenters. The summed E-state index contributed by atoms with van der Waals surface area (Å²) in [5.74, 6) is 0.0223. The third-order valence-electron chi connectivity index (χ3n) is 6.56. The van der Waals surface area contributed by atoms with Crippen molar-refractivity contribution in [3.63, 3.8) is 0 Å². The molecule has 10 heteroatoms. The number of ether oxygens (including phenoxy) is 3.